The van der Waals surface area contributed by atoms with Crippen LogP contribution in [0.4, 0.5) is 0 Å². The quantitative estimate of drug-likeness (QED) is 0.422. The second-order valence-corrected chi connectivity index (χ2v) is 5.15. The third-order valence-corrected chi connectivity index (χ3v) is 2.40. The summed E-state index contributed by atoms with van der Waals surface area (Å²) >= 11 is 7.64. The summed E-state index contributed by atoms with van der Waals surface area (Å²) in [6.07, 6.45) is 0. The topological polar surface area (TPSA) is 0 Å². The maximum absolute atomic E-state index is 4.93. The molecule has 0 fully saturated rings. The van der Waals surface area contributed by atoms with Gasteiger partial charge in [0.25, 0.3) is 0 Å². The fourth-order valence-electron chi connectivity index (χ4n) is 1.31. The molecule has 1 unspecified atom stereocenters. The number of halogens is 1. The molecule has 0 aliphatic carbocycles. The summed E-state index contributed by atoms with van der Waals surface area (Å²) in [5, 5.41) is 1.22. The molecular weight excluding hydrogens is 329 g/mol. The van der Waals surface area contributed by atoms with Gasteiger partial charge in [-0.15, -0.1) is 9.24 Å². The Balaban J connectivity index is 0.000000386. The minimum atomic E-state index is 0.572. The van der Waals surface area contributed by atoms with E-state index >= 15 is 0 Å². The van der Waals surface area contributed by atoms with E-state index in [9.17, 15) is 0 Å². The van der Waals surface area contributed by atoms with E-state index in [2.05, 4.69) is 77.0 Å². The van der Waals surface area contributed by atoms with Crippen molar-refractivity contribution in [2.45, 2.75) is 0 Å². The van der Waals surface area contributed by atoms with E-state index in [4.69, 9.17) is 11.6 Å². The zero-order valence-electron chi connectivity index (χ0n) is 8.67. The van der Waals surface area contributed by atoms with Crippen LogP contribution in [0.15, 0.2) is 54.6 Å². The Bertz CT molecular complexity index is 400. The largest absolute Gasteiger partial charge is 0.106 e. The van der Waals surface area contributed by atoms with Gasteiger partial charge < -0.3 is 0 Å². The number of hydrogen-bond acceptors (Lipinski definition) is 0. The molecule has 0 aliphatic heterocycles. The van der Waals surface area contributed by atoms with Gasteiger partial charge in [0, 0.05) is 0 Å². The molecule has 1 atom stereocenters. The molecule has 0 aromatic heterocycles. The van der Waals surface area contributed by atoms with Crippen LogP contribution < -0.4 is 5.30 Å². The zero-order valence-corrected chi connectivity index (χ0v) is 12.1. The van der Waals surface area contributed by atoms with Crippen molar-refractivity contribution >= 4 is 26.1 Å². The Kier molecular flexibility index (Phi) is 6.94. The molecule has 2 aromatic rings. The van der Waals surface area contributed by atoms with Crippen LogP contribution in [0.1, 0.15) is 0 Å². The van der Waals surface area contributed by atoms with Gasteiger partial charge >= 0.3 is 35.2 Å². The molecule has 0 aliphatic rings. The van der Waals surface area contributed by atoms with E-state index in [1.807, 2.05) is 6.07 Å². The predicted molar refractivity (Wildman–Crippen MR) is 71.9 cm³/mol. The number of benzene rings is 2. The second-order valence-electron chi connectivity index (χ2n) is 3.07. The summed E-state index contributed by atoms with van der Waals surface area (Å²) in [7, 11) is 2.69. The second kappa shape index (κ2) is 7.99. The molecule has 0 spiro atoms. The smallest absolute Gasteiger partial charge is 0.0184 e. The fraction of sp³-hybridized carbons (Fsp3) is 0.0769. The Hall–Kier alpha value is -0.178. The molecule has 2 rings (SSSR count). The van der Waals surface area contributed by atoms with Crippen molar-refractivity contribution in [2.24, 2.45) is 0 Å². The summed E-state index contributed by atoms with van der Waals surface area (Å²) in [5.74, 6) is 0. The molecule has 0 nitrogen and oxygen atoms in total. The molecular formula is C13H13ClPPd. The molecule has 0 saturated heterocycles. The Morgan fingerprint density at radius 1 is 0.875 bits per heavy atom. The first-order valence-electron chi connectivity index (χ1n) is 4.76. The Morgan fingerprint density at radius 3 is 1.81 bits per heavy atom. The molecule has 87 valence electrons. The monoisotopic (exact) mass is 341 g/mol. The summed E-state index contributed by atoms with van der Waals surface area (Å²) < 4.78 is 0.572. The van der Waals surface area contributed by atoms with E-state index in [1.165, 1.54) is 16.4 Å². The van der Waals surface area contributed by atoms with E-state index in [0.717, 1.165) is 0 Å². The van der Waals surface area contributed by atoms with Gasteiger partial charge in [-0.2, -0.15) is 0 Å². The number of hydrogen-bond donors (Lipinski definition) is 0. The van der Waals surface area contributed by atoms with E-state index in [-0.39, 0.29) is 0 Å². The third kappa shape index (κ3) is 4.77. The summed E-state index contributed by atoms with van der Waals surface area (Å²) in [6.45, 7) is 0. The number of rotatable bonds is 1. The van der Waals surface area contributed by atoms with E-state index in [0.29, 0.717) is 4.35 Å². The molecule has 0 radical (unpaired) electrons. The van der Waals surface area contributed by atoms with E-state index in [1.54, 1.807) is 0 Å². The van der Waals surface area contributed by atoms with Gasteiger partial charge in [0.2, 0.25) is 0 Å². The molecule has 3 heteroatoms. The standard InChI is InChI=1S/C12H11P.CH2Cl.Pd/c13-12-8-6-11(7-9-12)10-4-2-1-3-5-10;1-2;/h1-9H,13H2;1H2;. The van der Waals surface area contributed by atoms with Gasteiger partial charge in [0.1, 0.15) is 0 Å². The van der Waals surface area contributed by atoms with Crippen LogP contribution in [0.2, 0.25) is 0 Å². The van der Waals surface area contributed by atoms with Crippen LogP contribution in [-0.4, -0.2) is 4.35 Å². The van der Waals surface area contributed by atoms with Crippen LogP contribution in [0.5, 0.6) is 0 Å². The van der Waals surface area contributed by atoms with E-state index < -0.39 is 0 Å². The van der Waals surface area contributed by atoms with Crippen molar-refractivity contribution in [1.29, 1.82) is 0 Å². The van der Waals surface area contributed by atoms with Crippen molar-refractivity contribution in [3.63, 3.8) is 0 Å². The van der Waals surface area contributed by atoms with Crippen molar-refractivity contribution < 1.29 is 19.2 Å². The molecule has 0 heterocycles. The minimum Gasteiger partial charge on any atom is -0.106 e. The Labute approximate surface area is 115 Å². The third-order valence-electron chi connectivity index (χ3n) is 2.02. The first-order valence-corrected chi connectivity index (χ1v) is 6.97. The van der Waals surface area contributed by atoms with Crippen molar-refractivity contribution in [1.82, 2.24) is 0 Å². The van der Waals surface area contributed by atoms with Gasteiger partial charge in [0.05, 0.1) is 0 Å². The number of alkyl halides is 1. The average Bonchev–Trinajstić information content (AvgIpc) is 2.32. The normalized spacial score (nSPS) is 9.25. The zero-order chi connectivity index (χ0) is 11.8. The van der Waals surface area contributed by atoms with Gasteiger partial charge in [-0.1, -0.05) is 54.6 Å². The van der Waals surface area contributed by atoms with Crippen LogP contribution >= 0.6 is 20.8 Å². The van der Waals surface area contributed by atoms with Gasteiger partial charge in [-0.05, 0) is 16.4 Å². The summed E-state index contributed by atoms with van der Waals surface area (Å²) in [4.78, 5) is 0. The van der Waals surface area contributed by atoms with Gasteiger partial charge in [-0.3, -0.25) is 0 Å². The van der Waals surface area contributed by atoms with Gasteiger partial charge in [-0.25, -0.2) is 0 Å². The maximum atomic E-state index is 4.93. The predicted octanol–water partition coefficient (Wildman–Crippen LogP) is 3.58. The van der Waals surface area contributed by atoms with Crippen LogP contribution in [0.3, 0.4) is 0 Å². The molecule has 0 bridgehead atoms. The minimum absolute atomic E-state index is 0.572. The van der Waals surface area contributed by atoms with Crippen LogP contribution in [0, 0.1) is 0 Å². The van der Waals surface area contributed by atoms with Crippen molar-refractivity contribution in [3.8, 4) is 11.1 Å². The molecule has 0 saturated carbocycles. The molecule has 2 aromatic carbocycles. The van der Waals surface area contributed by atoms with Crippen LogP contribution in [-0.2, 0) is 19.2 Å². The Morgan fingerprint density at radius 2 is 1.31 bits per heavy atom. The molecule has 0 amide bonds. The maximum Gasteiger partial charge on any atom is -0.0184 e. The SMILES string of the molecule is Cl[CH2][Pd].Pc1ccc(-c2ccccc2)cc1. The molecule has 16 heavy (non-hydrogen) atoms. The first-order chi connectivity index (χ1) is 7.77. The summed E-state index contributed by atoms with van der Waals surface area (Å²) in [6, 6.07) is 18.9. The fourth-order valence-corrected chi connectivity index (χ4v) is 1.50. The first kappa shape index (κ1) is 13.9. The van der Waals surface area contributed by atoms with Gasteiger partial charge in [0.15, 0.2) is 0 Å². The van der Waals surface area contributed by atoms with Crippen molar-refractivity contribution in [2.75, 3.05) is 4.35 Å². The average molecular weight is 342 g/mol. The van der Waals surface area contributed by atoms with Crippen LogP contribution in [0.25, 0.3) is 11.1 Å². The summed E-state index contributed by atoms with van der Waals surface area (Å²) in [5.41, 5.74) is 2.54. The van der Waals surface area contributed by atoms with Crippen molar-refractivity contribution in [3.05, 3.63) is 54.6 Å². The molecule has 0 N–H and O–H groups in total.